The molecule has 2 rings (SSSR count). The third-order valence-corrected chi connectivity index (χ3v) is 4.14. The van der Waals surface area contributed by atoms with Crippen molar-refractivity contribution in [3.8, 4) is 0 Å². The molecule has 7 nitrogen and oxygen atoms in total. The number of hydrogen-bond donors (Lipinski definition) is 0. The summed E-state index contributed by atoms with van der Waals surface area (Å²) in [5, 5.41) is 9.67. The van der Waals surface area contributed by atoms with Crippen molar-refractivity contribution in [1.29, 1.82) is 0 Å². The van der Waals surface area contributed by atoms with Gasteiger partial charge in [0.1, 0.15) is 11.4 Å². The van der Waals surface area contributed by atoms with E-state index in [0.717, 1.165) is 18.1 Å². The van der Waals surface area contributed by atoms with Crippen molar-refractivity contribution in [2.45, 2.75) is 26.3 Å². The van der Waals surface area contributed by atoms with E-state index in [1.54, 1.807) is 17.9 Å². The molecule has 0 saturated carbocycles. The normalized spacial score (nSPS) is 18.2. The fraction of sp³-hybridized carbons (Fsp3) is 0.727. The van der Waals surface area contributed by atoms with E-state index in [1.807, 2.05) is 11.8 Å². The molecule has 0 atom stereocenters. The molecule has 1 aromatic rings. The van der Waals surface area contributed by atoms with E-state index in [0.29, 0.717) is 0 Å². The quantitative estimate of drug-likeness (QED) is 0.786. The lowest BCUT2D eigenvalue weighted by Crippen LogP contribution is -2.70. The maximum atomic E-state index is 11.2. The van der Waals surface area contributed by atoms with Gasteiger partial charge in [-0.05, 0) is 20.8 Å². The Morgan fingerprint density at radius 3 is 3.21 bits per heavy atom. The number of amides is 1. The molecule has 8 heteroatoms. The van der Waals surface area contributed by atoms with Gasteiger partial charge in [0.15, 0.2) is 0 Å². The first-order valence-corrected chi connectivity index (χ1v) is 7.31. The molecule has 1 fully saturated rings. The van der Waals surface area contributed by atoms with Crippen LogP contribution in [0.2, 0.25) is 0 Å². The summed E-state index contributed by atoms with van der Waals surface area (Å²) in [5.41, 5.74) is -0.0222. The van der Waals surface area contributed by atoms with Gasteiger partial charge in [0.05, 0.1) is 17.9 Å². The third kappa shape index (κ3) is 3.31. The minimum Gasteiger partial charge on any atom is -0.552 e. The number of thioether (sulfide) groups is 1. The molecular weight excluding hydrogens is 268 g/mol. The van der Waals surface area contributed by atoms with E-state index in [2.05, 4.69) is 29.4 Å². The van der Waals surface area contributed by atoms with Crippen molar-refractivity contribution in [3.63, 3.8) is 0 Å². The van der Waals surface area contributed by atoms with Crippen LogP contribution in [0, 0.1) is 0 Å². The average molecular weight is 286 g/mol. The predicted molar refractivity (Wildman–Crippen MR) is 71.2 cm³/mol. The molecule has 106 valence electrons. The van der Waals surface area contributed by atoms with Gasteiger partial charge in [-0.2, -0.15) is 11.8 Å². The highest BCUT2D eigenvalue weighted by Gasteiger charge is 2.37. The Labute approximate surface area is 116 Å². The summed E-state index contributed by atoms with van der Waals surface area (Å²) in [4.78, 5) is 12.8. The van der Waals surface area contributed by atoms with Crippen LogP contribution < -0.4 is 9.80 Å². The molecule has 0 unspecified atom stereocenters. The first-order valence-electron chi connectivity index (χ1n) is 6.16. The van der Waals surface area contributed by atoms with Gasteiger partial charge < -0.3 is 14.6 Å². The number of aromatic nitrogens is 2. The Morgan fingerprint density at radius 2 is 2.53 bits per heavy atom. The summed E-state index contributed by atoms with van der Waals surface area (Å²) in [6.45, 7) is 7.16. The summed E-state index contributed by atoms with van der Waals surface area (Å²) >= 11 is 1.91. The van der Waals surface area contributed by atoms with Crippen molar-refractivity contribution < 1.29 is 18.8 Å². The lowest BCUT2D eigenvalue weighted by molar-refractivity contribution is -0.764. The second kappa shape index (κ2) is 5.68. The number of hydrogen-bond acceptors (Lipinski definition) is 6. The topological polar surface area (TPSA) is 73.6 Å². The molecule has 0 aromatic carbocycles. The minimum atomic E-state index is -0.667. The molecule has 0 aliphatic carbocycles. The SMILES string of the molecule is CCOC(=O)[N-]c1c[n+](N2CCSCC2(C)C)no1. The molecule has 2 heterocycles. The summed E-state index contributed by atoms with van der Waals surface area (Å²) in [7, 11) is 0. The van der Waals surface area contributed by atoms with Gasteiger partial charge in [-0.15, -0.1) is 5.01 Å². The molecule has 0 bridgehead atoms. The number of carbonyl (C=O) groups excluding carboxylic acids is 1. The number of rotatable bonds is 3. The maximum Gasteiger partial charge on any atom is 0.257 e. The van der Waals surface area contributed by atoms with E-state index in [-0.39, 0.29) is 18.0 Å². The Morgan fingerprint density at radius 1 is 1.74 bits per heavy atom. The average Bonchev–Trinajstić information content (AvgIpc) is 2.76. The lowest BCUT2D eigenvalue weighted by Gasteiger charge is -2.35. The van der Waals surface area contributed by atoms with Crippen molar-refractivity contribution in [2.24, 2.45) is 0 Å². The van der Waals surface area contributed by atoms with Crippen molar-refractivity contribution in [2.75, 3.05) is 29.7 Å². The van der Waals surface area contributed by atoms with Crippen LogP contribution in [0.1, 0.15) is 20.8 Å². The number of nitrogens with zero attached hydrogens (tertiary/aromatic N) is 4. The molecule has 0 N–H and O–H groups in total. The fourth-order valence-electron chi connectivity index (χ4n) is 1.87. The Bertz CT molecular complexity index is 449. The van der Waals surface area contributed by atoms with Crippen LogP contribution in [0.4, 0.5) is 10.7 Å². The van der Waals surface area contributed by atoms with Crippen LogP contribution >= 0.6 is 11.8 Å². The van der Waals surface area contributed by atoms with Gasteiger partial charge >= 0.3 is 0 Å². The summed E-state index contributed by atoms with van der Waals surface area (Å²) in [6, 6.07) is 0. The van der Waals surface area contributed by atoms with E-state index in [4.69, 9.17) is 9.26 Å². The molecule has 1 aliphatic rings. The second-order valence-electron chi connectivity index (χ2n) is 4.76. The summed E-state index contributed by atoms with van der Waals surface area (Å²) < 4.78 is 9.75. The highest BCUT2D eigenvalue weighted by Crippen LogP contribution is 2.23. The molecule has 1 aromatic heterocycles. The van der Waals surface area contributed by atoms with E-state index in [1.165, 1.54) is 0 Å². The zero-order chi connectivity index (χ0) is 13.9. The molecule has 0 spiro atoms. The molecule has 1 amide bonds. The maximum absolute atomic E-state index is 11.2. The first-order chi connectivity index (χ1) is 9.03. The Balaban J connectivity index is 2.05. The molecule has 0 radical (unpaired) electrons. The van der Waals surface area contributed by atoms with E-state index < -0.39 is 6.09 Å². The smallest absolute Gasteiger partial charge is 0.257 e. The van der Waals surface area contributed by atoms with Crippen LogP contribution in [0.3, 0.4) is 0 Å². The molecular formula is C11H18N4O3S. The zero-order valence-corrected chi connectivity index (χ0v) is 12.1. The fourth-order valence-corrected chi connectivity index (χ4v) is 2.96. The van der Waals surface area contributed by atoms with Crippen LogP contribution in [0.25, 0.3) is 5.32 Å². The standard InChI is InChI=1S/C11H18N4O3S/c1-4-17-10(16)12-9-7-15(13-18-9)14-5-6-19-8-11(14,2)3/h7H,4-6,8H2,1-3H3. The van der Waals surface area contributed by atoms with Crippen LogP contribution in [-0.4, -0.2) is 41.6 Å². The van der Waals surface area contributed by atoms with Gasteiger partial charge in [-0.25, -0.2) is 0 Å². The monoisotopic (exact) mass is 286 g/mol. The highest BCUT2D eigenvalue weighted by atomic mass is 32.2. The van der Waals surface area contributed by atoms with Crippen LogP contribution in [0.5, 0.6) is 0 Å². The molecule has 1 aliphatic heterocycles. The highest BCUT2D eigenvalue weighted by molar-refractivity contribution is 7.99. The number of carbonyl (C=O) groups is 1. The zero-order valence-electron chi connectivity index (χ0n) is 11.3. The predicted octanol–water partition coefficient (Wildman–Crippen LogP) is 1.59. The molecule has 1 saturated heterocycles. The summed E-state index contributed by atoms with van der Waals surface area (Å²) in [5.74, 6) is 2.19. The minimum absolute atomic E-state index is 0.0222. The van der Waals surface area contributed by atoms with Crippen LogP contribution in [0.15, 0.2) is 10.7 Å². The van der Waals surface area contributed by atoms with E-state index in [9.17, 15) is 4.79 Å². The van der Waals surface area contributed by atoms with Gasteiger partial charge in [-0.3, -0.25) is 4.79 Å². The van der Waals surface area contributed by atoms with Crippen molar-refractivity contribution in [1.82, 2.24) is 5.27 Å². The van der Waals surface area contributed by atoms with E-state index >= 15 is 0 Å². The first kappa shape index (κ1) is 14.0. The van der Waals surface area contributed by atoms with Crippen molar-refractivity contribution in [3.05, 3.63) is 11.5 Å². The lowest BCUT2D eigenvalue weighted by atomic mass is 10.1. The molecule has 19 heavy (non-hydrogen) atoms. The van der Waals surface area contributed by atoms with Gasteiger partial charge in [-0.1, -0.05) is 0 Å². The second-order valence-corrected chi connectivity index (χ2v) is 5.86. The largest absolute Gasteiger partial charge is 0.552 e. The Hall–Kier alpha value is -1.44. The van der Waals surface area contributed by atoms with Crippen LogP contribution in [-0.2, 0) is 4.74 Å². The number of ether oxygens (including phenoxy) is 1. The van der Waals surface area contributed by atoms with Gasteiger partial charge in [0, 0.05) is 11.5 Å². The van der Waals surface area contributed by atoms with Gasteiger partial charge in [0.2, 0.25) is 11.4 Å². The third-order valence-electron chi connectivity index (χ3n) is 2.76. The van der Waals surface area contributed by atoms with Crippen molar-refractivity contribution >= 4 is 23.7 Å². The Kier molecular flexibility index (Phi) is 4.18. The summed E-state index contributed by atoms with van der Waals surface area (Å²) in [6.07, 6.45) is 0.925. The van der Waals surface area contributed by atoms with Gasteiger partial charge in [0.25, 0.3) is 6.20 Å².